The molecule has 2 aliphatic heterocycles. The molecule has 4 aromatic carbocycles. The van der Waals surface area contributed by atoms with Gasteiger partial charge in [-0.1, -0.05) is 63.1 Å². The summed E-state index contributed by atoms with van der Waals surface area (Å²) in [5, 5.41) is 9.85. The molecule has 8 rings (SSSR count). The smallest absolute Gasteiger partial charge is 0.306 e. The van der Waals surface area contributed by atoms with Crippen LogP contribution in [0.15, 0.2) is 70.5 Å². The number of rotatable bonds is 29. The molecule has 2 aliphatic rings. The predicted octanol–water partition coefficient (Wildman–Crippen LogP) is 16.3. The molecule has 0 amide bonds. The number of aliphatic carboxylic acids is 1. The maximum absolute atomic E-state index is 16.7. The Hall–Kier alpha value is -6.60. The molecule has 12 nitrogen and oxygen atoms in total. The van der Waals surface area contributed by atoms with Crippen LogP contribution in [0.5, 0.6) is 0 Å². The van der Waals surface area contributed by atoms with Gasteiger partial charge in [0.15, 0.2) is 11.6 Å². The van der Waals surface area contributed by atoms with E-state index in [0.29, 0.717) is 24.0 Å². The van der Waals surface area contributed by atoms with Crippen molar-refractivity contribution in [1.82, 2.24) is 18.9 Å². The van der Waals surface area contributed by atoms with Gasteiger partial charge >= 0.3 is 11.9 Å². The van der Waals surface area contributed by atoms with Crippen molar-refractivity contribution >= 4 is 50.5 Å². The maximum atomic E-state index is 16.7. The van der Waals surface area contributed by atoms with Crippen LogP contribution >= 0.6 is 27.0 Å². The average Bonchev–Trinajstić information content (AvgIpc) is 0.774. The SMILES string of the molecule is CCOC(=O)C[C@H](CC(=O)C(CC(C)C)n1cc(CCCN2CCC2)c(C)cc1=O)c1c(F)c(C)cc(-c2c(C)cc(C)cc2C)c1F.Cc1cc(C)c(-c2cc(C)c(F)c([C@H](CC(=O)O)CC(=O)C(CC(C)C)n3cc(CCCN4CCC4)c(C)cc3=O)c2F)c(C)c1.S.S. The van der Waals surface area contributed by atoms with E-state index < -0.39 is 83.3 Å². The highest BCUT2D eigenvalue weighted by Gasteiger charge is 2.36. The molecule has 96 heavy (non-hydrogen) atoms. The molecule has 1 N–H and O–H groups in total. The lowest BCUT2D eigenvalue weighted by Crippen LogP contribution is -2.37. The van der Waals surface area contributed by atoms with Crippen LogP contribution in [-0.4, -0.2) is 93.4 Å². The molecule has 2 fully saturated rings. The van der Waals surface area contributed by atoms with E-state index in [-0.39, 0.29) is 103 Å². The van der Waals surface area contributed by atoms with Gasteiger partial charge in [0, 0.05) is 71.5 Å². The van der Waals surface area contributed by atoms with Crippen molar-refractivity contribution in [2.45, 2.75) is 205 Å². The summed E-state index contributed by atoms with van der Waals surface area (Å²) in [4.78, 5) is 85.0. The van der Waals surface area contributed by atoms with Gasteiger partial charge in [-0.3, -0.25) is 28.8 Å². The third-order valence-corrected chi connectivity index (χ3v) is 18.9. The Morgan fingerprint density at radius 1 is 0.490 bits per heavy atom. The molecular formula is C78H104F4N4O8S2. The van der Waals surface area contributed by atoms with E-state index >= 15 is 17.6 Å². The number of ether oxygens (including phenoxy) is 1. The molecule has 0 spiro atoms. The fourth-order valence-electron chi connectivity index (χ4n) is 14.1. The monoisotopic (exact) mass is 1360 g/mol. The zero-order valence-electron chi connectivity index (χ0n) is 59.3. The van der Waals surface area contributed by atoms with E-state index in [1.54, 1.807) is 38.4 Å². The van der Waals surface area contributed by atoms with E-state index in [0.717, 1.165) is 121 Å². The Balaban J connectivity index is 0.000000340. The standard InChI is InChI=1S/C40H52F2N2O4.C38H48F2N2O4.2H2S/c1-9-48-36(47)22-31(38-39(41)29(8)19-32(40(38)42)37-27(6)17-25(4)18-28(37)7)21-34(45)33(16-24(2)3)44-23-30(26(5)20-35(44)46)12-10-13-43-14-11-15-43;1-22(2)14-31(42-21-28(24(4)18-33(42)44)10-8-11-41-12-9-13-41)32(43)19-29(20-34(45)46)36-37(39)27(7)17-30(38(36)40)35-25(5)15-23(3)16-26(35)6;;/h17-20,23-24,31,33H,9-16,21-22H2,1-8H3;15-18,21-22,29,31H,8-14,19-20H2,1-7H3,(H,45,46);2*1H2/t31-,33?;29-,31?;;/m00../s1. The summed E-state index contributed by atoms with van der Waals surface area (Å²) >= 11 is 0. The number of hydrogen-bond acceptors (Lipinski definition) is 9. The molecule has 524 valence electrons. The Morgan fingerprint density at radius 2 is 0.844 bits per heavy atom. The predicted molar refractivity (Wildman–Crippen MR) is 387 cm³/mol. The molecule has 4 atom stereocenters. The number of nitrogens with zero attached hydrogens (tertiary/aromatic N) is 4. The minimum atomic E-state index is -1.26. The lowest BCUT2D eigenvalue weighted by molar-refractivity contribution is -0.144. The van der Waals surface area contributed by atoms with E-state index in [4.69, 9.17) is 4.74 Å². The number of ketones is 2. The number of pyridine rings is 2. The molecule has 18 heteroatoms. The van der Waals surface area contributed by atoms with Gasteiger partial charge in [-0.15, -0.1) is 0 Å². The highest BCUT2D eigenvalue weighted by Crippen LogP contribution is 2.42. The Morgan fingerprint density at radius 3 is 1.16 bits per heavy atom. The number of likely N-dealkylation sites (tertiary alicyclic amines) is 2. The van der Waals surface area contributed by atoms with Gasteiger partial charge in [-0.05, 0) is 258 Å². The van der Waals surface area contributed by atoms with Gasteiger partial charge in [0.1, 0.15) is 23.3 Å². The minimum Gasteiger partial charge on any atom is -0.481 e. The van der Waals surface area contributed by atoms with Crippen molar-refractivity contribution < 1.29 is 46.6 Å². The first-order chi connectivity index (χ1) is 44.4. The zero-order valence-corrected chi connectivity index (χ0v) is 61.3. The maximum Gasteiger partial charge on any atom is 0.306 e. The number of carboxylic acid groups (broad SMARTS) is 1. The fourth-order valence-corrected chi connectivity index (χ4v) is 14.1. The molecule has 0 bridgehead atoms. The van der Waals surface area contributed by atoms with E-state index in [9.17, 15) is 33.9 Å². The lowest BCUT2D eigenvalue weighted by Gasteiger charge is -2.30. The number of aromatic nitrogens is 2. The van der Waals surface area contributed by atoms with Gasteiger partial charge in [-0.2, -0.15) is 27.0 Å². The number of aryl methyl sites for hydroxylation is 12. The van der Waals surface area contributed by atoms with Crippen molar-refractivity contribution in [3.8, 4) is 22.3 Å². The topological polar surface area (TPSA) is 148 Å². The van der Waals surface area contributed by atoms with Crippen molar-refractivity contribution in [3.05, 3.63) is 183 Å². The molecule has 2 unspecified atom stereocenters. The van der Waals surface area contributed by atoms with Crippen molar-refractivity contribution in [3.63, 3.8) is 0 Å². The van der Waals surface area contributed by atoms with Crippen LogP contribution in [0.25, 0.3) is 22.3 Å². The second kappa shape index (κ2) is 35.8. The van der Waals surface area contributed by atoms with Gasteiger partial charge in [0.2, 0.25) is 0 Å². The second-order valence-electron chi connectivity index (χ2n) is 27.8. The second-order valence-corrected chi connectivity index (χ2v) is 27.8. The van der Waals surface area contributed by atoms with Crippen LogP contribution < -0.4 is 11.1 Å². The number of carbonyl (C=O) groups excluding carboxylic acids is 3. The van der Waals surface area contributed by atoms with Crippen LogP contribution in [0.2, 0.25) is 0 Å². The Kier molecular flexibility index (Phi) is 29.8. The highest BCUT2D eigenvalue weighted by atomic mass is 32.1. The third kappa shape index (κ3) is 20.0. The molecule has 2 aromatic heterocycles. The number of carbonyl (C=O) groups is 4. The van der Waals surface area contributed by atoms with Crippen LogP contribution in [0.4, 0.5) is 17.6 Å². The first kappa shape index (κ1) is 80.1. The van der Waals surface area contributed by atoms with Gasteiger partial charge in [0.05, 0.1) is 31.5 Å². The molecular weight excluding hydrogens is 1260 g/mol. The third-order valence-electron chi connectivity index (χ3n) is 18.9. The molecule has 4 heterocycles. The fraction of sp³-hybridized carbons (Fsp3) is 0.513. The van der Waals surface area contributed by atoms with Crippen molar-refractivity contribution in [1.29, 1.82) is 0 Å². The summed E-state index contributed by atoms with van der Waals surface area (Å²) in [6.45, 7) is 34.3. The summed E-state index contributed by atoms with van der Waals surface area (Å²) in [5.41, 5.74) is 9.88. The molecule has 0 aliphatic carbocycles. The van der Waals surface area contributed by atoms with Crippen LogP contribution in [0, 0.1) is 104 Å². The quantitative estimate of drug-likeness (QED) is 0.0355. The molecule has 6 aromatic rings. The normalized spacial score (nSPS) is 14.3. The average molecular weight is 1370 g/mol. The Labute approximate surface area is 580 Å². The van der Waals surface area contributed by atoms with Gasteiger partial charge < -0.3 is 28.8 Å². The molecule has 0 saturated carbocycles. The summed E-state index contributed by atoms with van der Waals surface area (Å²) in [6.07, 6.45) is 8.35. The van der Waals surface area contributed by atoms with Gasteiger partial charge in [0.25, 0.3) is 11.1 Å². The van der Waals surface area contributed by atoms with Crippen LogP contribution in [-0.2, 0) is 36.8 Å². The first-order valence-electron chi connectivity index (χ1n) is 33.8. The number of Topliss-reactive ketones (excluding diaryl/α,β-unsaturated/α-hetero) is 2. The lowest BCUT2D eigenvalue weighted by atomic mass is 9.83. The summed E-state index contributed by atoms with van der Waals surface area (Å²) in [6, 6.07) is 12.1. The Bertz CT molecular complexity index is 3840. The van der Waals surface area contributed by atoms with Crippen molar-refractivity contribution in [2.24, 2.45) is 11.8 Å². The highest BCUT2D eigenvalue weighted by molar-refractivity contribution is 7.59. The number of hydrogen-bond donors (Lipinski definition) is 1. The first-order valence-corrected chi connectivity index (χ1v) is 33.8. The zero-order chi connectivity index (χ0) is 69.2. The van der Waals surface area contributed by atoms with Gasteiger partial charge in [-0.25, -0.2) is 17.6 Å². The number of halogens is 4. The van der Waals surface area contributed by atoms with E-state index in [1.807, 2.05) is 107 Å². The summed E-state index contributed by atoms with van der Waals surface area (Å²) in [7, 11) is 0. The summed E-state index contributed by atoms with van der Waals surface area (Å²) < 4.78 is 73.4. The number of benzene rings is 4. The van der Waals surface area contributed by atoms with Crippen LogP contribution in [0.1, 0.15) is 201 Å². The van der Waals surface area contributed by atoms with E-state index in [2.05, 4.69) is 9.80 Å². The minimum absolute atomic E-state index is 0. The number of carboxylic acids is 1. The molecule has 0 radical (unpaired) electrons. The molecule has 2 saturated heterocycles. The van der Waals surface area contributed by atoms with Crippen LogP contribution in [0.3, 0.4) is 0 Å². The number of esters is 1. The van der Waals surface area contributed by atoms with E-state index in [1.165, 1.54) is 41.0 Å². The largest absolute Gasteiger partial charge is 0.481 e. The summed E-state index contributed by atoms with van der Waals surface area (Å²) in [5.74, 6) is -8.24. The van der Waals surface area contributed by atoms with Crippen molar-refractivity contribution in [2.75, 3.05) is 45.9 Å².